The molecule has 0 atom stereocenters. The van der Waals surface area contributed by atoms with E-state index >= 15 is 0 Å². The monoisotopic (exact) mass is 346 g/mol. The number of nitrogens with zero attached hydrogens (tertiary/aromatic N) is 1. The summed E-state index contributed by atoms with van der Waals surface area (Å²) in [6.45, 7) is 3.82. The number of benzene rings is 2. The average Bonchev–Trinajstić information content (AvgIpc) is 2.51. The molecule has 0 bridgehead atoms. The second-order valence-electron chi connectivity index (χ2n) is 6.01. The smallest absolute Gasteiger partial charge is 0.261 e. The molecule has 0 aliphatic carbocycles. The van der Waals surface area contributed by atoms with Crippen molar-refractivity contribution >= 4 is 21.6 Å². The van der Waals surface area contributed by atoms with Gasteiger partial charge in [0.25, 0.3) is 10.0 Å². The van der Waals surface area contributed by atoms with E-state index in [4.69, 9.17) is 0 Å². The number of nitrogens with one attached hydrogen (secondary N) is 1. The summed E-state index contributed by atoms with van der Waals surface area (Å²) in [5, 5.41) is 0. The van der Waals surface area contributed by atoms with Crippen LogP contribution in [0.5, 0.6) is 0 Å². The van der Waals surface area contributed by atoms with Crippen molar-refractivity contribution in [2.75, 3.05) is 18.8 Å². The van der Waals surface area contributed by atoms with Gasteiger partial charge in [-0.3, -0.25) is 9.52 Å². The van der Waals surface area contributed by atoms with Gasteiger partial charge in [-0.15, -0.1) is 0 Å². The molecule has 0 radical (unpaired) electrons. The van der Waals surface area contributed by atoms with E-state index in [2.05, 4.69) is 4.72 Å². The van der Waals surface area contributed by atoms with Gasteiger partial charge in [0.2, 0.25) is 5.91 Å². The number of aryl methyl sites for hydroxylation is 2. The molecule has 2 aromatic rings. The Kier molecular flexibility index (Phi) is 5.29. The molecule has 0 spiro atoms. The number of likely N-dealkylation sites (N-methyl/N-ethyl adjacent to an activating group) is 1. The molecule has 0 aliphatic heterocycles. The number of sulfonamides is 1. The van der Waals surface area contributed by atoms with Gasteiger partial charge >= 0.3 is 0 Å². The highest BCUT2D eigenvalue weighted by Crippen LogP contribution is 2.19. The second kappa shape index (κ2) is 7.05. The van der Waals surface area contributed by atoms with Gasteiger partial charge in [-0.2, -0.15) is 0 Å². The zero-order valence-corrected chi connectivity index (χ0v) is 15.1. The van der Waals surface area contributed by atoms with Crippen LogP contribution >= 0.6 is 0 Å². The Morgan fingerprint density at radius 3 is 2.17 bits per heavy atom. The van der Waals surface area contributed by atoms with Crippen LogP contribution in [0.4, 0.5) is 5.69 Å². The van der Waals surface area contributed by atoms with Gasteiger partial charge in [0.15, 0.2) is 0 Å². The molecule has 0 saturated carbocycles. The molecular formula is C18H22N2O3S. The topological polar surface area (TPSA) is 66.5 Å². The van der Waals surface area contributed by atoms with Gasteiger partial charge in [-0.25, -0.2) is 8.42 Å². The van der Waals surface area contributed by atoms with Crippen molar-refractivity contribution in [2.24, 2.45) is 0 Å². The lowest BCUT2D eigenvalue weighted by Gasteiger charge is -2.12. The van der Waals surface area contributed by atoms with E-state index in [0.29, 0.717) is 5.69 Å². The van der Waals surface area contributed by atoms with Crippen LogP contribution in [0.3, 0.4) is 0 Å². The van der Waals surface area contributed by atoms with Crippen LogP contribution in [0.2, 0.25) is 0 Å². The van der Waals surface area contributed by atoms with E-state index in [9.17, 15) is 13.2 Å². The summed E-state index contributed by atoms with van der Waals surface area (Å²) in [5.74, 6) is -0.00142. The lowest BCUT2D eigenvalue weighted by atomic mass is 10.1. The van der Waals surface area contributed by atoms with Crippen LogP contribution in [-0.4, -0.2) is 33.3 Å². The highest BCUT2D eigenvalue weighted by Gasteiger charge is 2.15. The summed E-state index contributed by atoms with van der Waals surface area (Å²) < 4.78 is 27.5. The molecule has 0 aliphatic rings. The second-order valence-corrected chi connectivity index (χ2v) is 7.70. The highest BCUT2D eigenvalue weighted by atomic mass is 32.2. The van der Waals surface area contributed by atoms with Gasteiger partial charge < -0.3 is 4.90 Å². The molecule has 2 rings (SSSR count). The fraction of sp³-hybridized carbons (Fsp3) is 0.278. The van der Waals surface area contributed by atoms with Gasteiger partial charge in [-0.05, 0) is 54.8 Å². The maximum absolute atomic E-state index is 12.4. The normalized spacial score (nSPS) is 11.2. The number of carbonyl (C=O) groups excluding carboxylic acids is 1. The van der Waals surface area contributed by atoms with Gasteiger partial charge in [0.1, 0.15) is 0 Å². The number of hydrogen-bond donors (Lipinski definition) is 1. The van der Waals surface area contributed by atoms with Gasteiger partial charge in [0.05, 0.1) is 11.3 Å². The predicted octanol–water partition coefficient (Wildman–Crippen LogP) is 2.73. The SMILES string of the molecule is Cc1ccc(S(=O)(=O)Nc2ccc(CC(=O)N(C)C)cc2)cc1C. The zero-order chi connectivity index (χ0) is 17.9. The van der Waals surface area contributed by atoms with Crippen LogP contribution in [0.15, 0.2) is 47.4 Å². The van der Waals surface area contributed by atoms with Gasteiger partial charge in [0, 0.05) is 19.8 Å². The van der Waals surface area contributed by atoms with Crippen LogP contribution in [-0.2, 0) is 21.2 Å². The molecule has 0 aromatic heterocycles. The van der Waals surface area contributed by atoms with E-state index in [1.807, 2.05) is 13.8 Å². The molecule has 128 valence electrons. The quantitative estimate of drug-likeness (QED) is 0.905. The van der Waals surface area contributed by atoms with E-state index in [-0.39, 0.29) is 17.2 Å². The molecule has 2 aromatic carbocycles. The summed E-state index contributed by atoms with van der Waals surface area (Å²) in [5.41, 5.74) is 3.27. The summed E-state index contributed by atoms with van der Waals surface area (Å²) in [7, 11) is -0.222. The van der Waals surface area contributed by atoms with Crippen molar-refractivity contribution in [3.63, 3.8) is 0 Å². The van der Waals surface area contributed by atoms with Crippen molar-refractivity contribution in [3.05, 3.63) is 59.2 Å². The fourth-order valence-corrected chi connectivity index (χ4v) is 3.26. The molecule has 24 heavy (non-hydrogen) atoms. The summed E-state index contributed by atoms with van der Waals surface area (Å²) >= 11 is 0. The largest absolute Gasteiger partial charge is 0.349 e. The first-order valence-corrected chi connectivity index (χ1v) is 9.06. The molecular weight excluding hydrogens is 324 g/mol. The molecule has 0 saturated heterocycles. The van der Waals surface area contributed by atoms with Gasteiger partial charge in [-0.1, -0.05) is 18.2 Å². The van der Waals surface area contributed by atoms with E-state index in [1.165, 1.54) is 4.90 Å². The van der Waals surface area contributed by atoms with E-state index in [0.717, 1.165) is 16.7 Å². The van der Waals surface area contributed by atoms with Crippen LogP contribution in [0.25, 0.3) is 0 Å². The van der Waals surface area contributed by atoms with Crippen LogP contribution in [0, 0.1) is 13.8 Å². The summed E-state index contributed by atoms with van der Waals surface area (Å²) in [6.07, 6.45) is 0.289. The first-order chi connectivity index (χ1) is 11.2. The van der Waals surface area contributed by atoms with Crippen LogP contribution in [0.1, 0.15) is 16.7 Å². The van der Waals surface area contributed by atoms with Crippen molar-refractivity contribution in [1.82, 2.24) is 4.90 Å². The van der Waals surface area contributed by atoms with Crippen LogP contribution < -0.4 is 4.72 Å². The number of anilines is 1. The third-order valence-electron chi connectivity index (χ3n) is 3.85. The Balaban J connectivity index is 2.15. The number of carbonyl (C=O) groups is 1. The van der Waals surface area contributed by atoms with Crippen molar-refractivity contribution in [3.8, 4) is 0 Å². The Bertz CT molecular complexity index is 841. The van der Waals surface area contributed by atoms with Crippen molar-refractivity contribution in [2.45, 2.75) is 25.2 Å². The molecule has 1 N–H and O–H groups in total. The third-order valence-corrected chi connectivity index (χ3v) is 5.23. The first-order valence-electron chi connectivity index (χ1n) is 7.58. The summed E-state index contributed by atoms with van der Waals surface area (Å²) in [4.78, 5) is 13.4. The standard InChI is InChI=1S/C18H22N2O3S/c1-13-5-10-17(11-14(13)2)24(22,23)19-16-8-6-15(7-9-16)12-18(21)20(3)4/h5-11,19H,12H2,1-4H3. The molecule has 0 unspecified atom stereocenters. The predicted molar refractivity (Wildman–Crippen MR) is 95.6 cm³/mol. The number of amides is 1. The maximum atomic E-state index is 12.4. The number of hydrogen-bond acceptors (Lipinski definition) is 3. The molecule has 0 fully saturated rings. The van der Waals surface area contributed by atoms with E-state index < -0.39 is 10.0 Å². The maximum Gasteiger partial charge on any atom is 0.261 e. The summed E-state index contributed by atoms with van der Waals surface area (Å²) in [6, 6.07) is 11.9. The Morgan fingerprint density at radius 1 is 1.00 bits per heavy atom. The Labute approximate surface area is 143 Å². The molecule has 5 nitrogen and oxygen atoms in total. The lowest BCUT2D eigenvalue weighted by Crippen LogP contribution is -2.23. The van der Waals surface area contributed by atoms with Crippen molar-refractivity contribution in [1.29, 1.82) is 0 Å². The number of rotatable bonds is 5. The Hall–Kier alpha value is -2.34. The third kappa shape index (κ3) is 4.35. The highest BCUT2D eigenvalue weighted by molar-refractivity contribution is 7.92. The molecule has 6 heteroatoms. The van der Waals surface area contributed by atoms with E-state index in [1.54, 1.807) is 56.6 Å². The lowest BCUT2D eigenvalue weighted by molar-refractivity contribution is -0.127. The molecule has 1 amide bonds. The average molecular weight is 346 g/mol. The van der Waals surface area contributed by atoms with Crippen molar-refractivity contribution < 1.29 is 13.2 Å². The Morgan fingerprint density at radius 2 is 1.62 bits per heavy atom. The minimum absolute atomic E-state index is 0.00142. The zero-order valence-electron chi connectivity index (χ0n) is 14.3. The minimum Gasteiger partial charge on any atom is -0.349 e. The minimum atomic E-state index is -3.63. The fourth-order valence-electron chi connectivity index (χ4n) is 2.12. The molecule has 0 heterocycles. The first kappa shape index (κ1) is 18.0.